The highest BCUT2D eigenvalue weighted by Crippen LogP contribution is 2.28. The lowest BCUT2D eigenvalue weighted by atomic mass is 10.2. The summed E-state index contributed by atoms with van der Waals surface area (Å²) in [7, 11) is 1.75. The number of imidazole rings is 1. The molecule has 0 saturated carbocycles. The van der Waals surface area contributed by atoms with Gasteiger partial charge in [-0.3, -0.25) is 9.13 Å². The Kier molecular flexibility index (Phi) is 5.04. The van der Waals surface area contributed by atoms with Crippen LogP contribution in [-0.2, 0) is 23.1 Å². The zero-order valence-electron chi connectivity index (χ0n) is 16.1. The maximum Gasteiger partial charge on any atom is 0.328 e. The second kappa shape index (κ2) is 7.52. The van der Waals surface area contributed by atoms with E-state index in [1.165, 1.54) is 6.20 Å². The summed E-state index contributed by atoms with van der Waals surface area (Å²) in [6, 6.07) is 9.34. The van der Waals surface area contributed by atoms with Crippen LogP contribution in [0.3, 0.4) is 0 Å². The van der Waals surface area contributed by atoms with E-state index in [0.717, 1.165) is 16.7 Å². The van der Waals surface area contributed by atoms with Crippen molar-refractivity contribution in [3.05, 3.63) is 51.7 Å². The first-order valence-electron chi connectivity index (χ1n) is 9.21. The van der Waals surface area contributed by atoms with Gasteiger partial charge in [-0.1, -0.05) is 11.6 Å². The van der Waals surface area contributed by atoms with E-state index in [-0.39, 0.29) is 16.4 Å². The lowest BCUT2D eigenvalue weighted by Crippen LogP contribution is -2.30. The fourth-order valence-electron chi connectivity index (χ4n) is 3.52. The van der Waals surface area contributed by atoms with E-state index in [1.807, 2.05) is 25.1 Å². The molecular formula is C20H20ClN5O3. The van der Waals surface area contributed by atoms with Crippen LogP contribution in [0.2, 0.25) is 5.15 Å². The summed E-state index contributed by atoms with van der Waals surface area (Å²) in [4.78, 5) is 16.7. The van der Waals surface area contributed by atoms with Gasteiger partial charge in [0, 0.05) is 31.9 Å². The van der Waals surface area contributed by atoms with Crippen LogP contribution in [0, 0.1) is 11.3 Å². The average Bonchev–Trinajstić information content (AvgIpc) is 3.23. The number of nitriles is 1. The van der Waals surface area contributed by atoms with Crippen LogP contribution >= 0.6 is 11.6 Å². The van der Waals surface area contributed by atoms with Gasteiger partial charge in [0.05, 0.1) is 29.9 Å². The lowest BCUT2D eigenvalue weighted by molar-refractivity contribution is -0.148. The SMILES string of the molecule is Cn1c(=O)n(CCC2(C)OCCO2)c2cc(Nc3ccnc(Cl)c3C#N)ccc21. The number of rotatable bonds is 5. The summed E-state index contributed by atoms with van der Waals surface area (Å²) >= 11 is 6.01. The molecule has 4 rings (SSSR count). The molecule has 0 amide bonds. The fraction of sp³-hybridized carbons (Fsp3) is 0.350. The number of ether oxygens (including phenoxy) is 2. The number of pyridine rings is 1. The summed E-state index contributed by atoms with van der Waals surface area (Å²) in [6.45, 7) is 3.47. The van der Waals surface area contributed by atoms with Crippen molar-refractivity contribution in [1.82, 2.24) is 14.1 Å². The number of halogens is 1. The molecule has 9 heteroatoms. The number of nitrogens with one attached hydrogen (secondary N) is 1. The Hall–Kier alpha value is -2.86. The van der Waals surface area contributed by atoms with Gasteiger partial charge >= 0.3 is 5.69 Å². The number of aryl methyl sites for hydroxylation is 2. The van der Waals surface area contributed by atoms with Crippen LogP contribution in [0.15, 0.2) is 35.3 Å². The third-order valence-corrected chi connectivity index (χ3v) is 5.42. The summed E-state index contributed by atoms with van der Waals surface area (Å²) in [6.07, 6.45) is 2.09. The van der Waals surface area contributed by atoms with Crippen molar-refractivity contribution < 1.29 is 9.47 Å². The zero-order valence-corrected chi connectivity index (χ0v) is 16.9. The minimum atomic E-state index is -0.674. The molecule has 150 valence electrons. The molecule has 29 heavy (non-hydrogen) atoms. The van der Waals surface area contributed by atoms with Gasteiger partial charge in [-0.05, 0) is 31.2 Å². The van der Waals surface area contributed by atoms with Crippen molar-refractivity contribution in [2.24, 2.45) is 7.05 Å². The predicted octanol–water partition coefficient (Wildman–Crippen LogP) is 3.16. The van der Waals surface area contributed by atoms with E-state index in [2.05, 4.69) is 16.4 Å². The van der Waals surface area contributed by atoms with Crippen LogP contribution in [0.5, 0.6) is 0 Å². The first-order chi connectivity index (χ1) is 13.9. The minimum Gasteiger partial charge on any atom is -0.354 e. The minimum absolute atomic E-state index is 0.108. The van der Waals surface area contributed by atoms with Crippen molar-refractivity contribution in [3.63, 3.8) is 0 Å². The van der Waals surface area contributed by atoms with E-state index in [9.17, 15) is 10.1 Å². The van der Waals surface area contributed by atoms with E-state index in [4.69, 9.17) is 21.1 Å². The Morgan fingerprint density at radius 2 is 2.07 bits per heavy atom. The van der Waals surface area contributed by atoms with Crippen molar-refractivity contribution in [2.45, 2.75) is 25.7 Å². The number of hydrogen-bond acceptors (Lipinski definition) is 6. The highest BCUT2D eigenvalue weighted by Gasteiger charge is 2.31. The van der Waals surface area contributed by atoms with Gasteiger partial charge in [-0.2, -0.15) is 5.26 Å². The van der Waals surface area contributed by atoms with E-state index in [0.29, 0.717) is 31.9 Å². The molecule has 1 saturated heterocycles. The van der Waals surface area contributed by atoms with Crippen LogP contribution in [0.4, 0.5) is 11.4 Å². The maximum absolute atomic E-state index is 12.8. The molecule has 1 fully saturated rings. The number of hydrogen-bond donors (Lipinski definition) is 1. The van der Waals surface area contributed by atoms with Crippen LogP contribution in [0.25, 0.3) is 11.0 Å². The van der Waals surface area contributed by atoms with Gasteiger partial charge in [0.25, 0.3) is 0 Å². The van der Waals surface area contributed by atoms with Gasteiger partial charge in [0.15, 0.2) is 5.79 Å². The normalized spacial score (nSPS) is 15.5. The molecule has 1 aromatic carbocycles. The molecule has 1 aliphatic rings. The quantitative estimate of drug-likeness (QED) is 0.646. The molecule has 0 spiro atoms. The molecule has 8 nitrogen and oxygen atoms in total. The van der Waals surface area contributed by atoms with Gasteiger partial charge in [-0.25, -0.2) is 9.78 Å². The highest BCUT2D eigenvalue weighted by molar-refractivity contribution is 6.31. The first-order valence-corrected chi connectivity index (χ1v) is 9.58. The van der Waals surface area contributed by atoms with Crippen LogP contribution in [0.1, 0.15) is 18.9 Å². The van der Waals surface area contributed by atoms with Gasteiger partial charge < -0.3 is 14.8 Å². The molecule has 1 aliphatic heterocycles. The first kappa shape index (κ1) is 19.5. The summed E-state index contributed by atoms with van der Waals surface area (Å²) < 4.78 is 14.6. The number of nitrogens with zero attached hydrogens (tertiary/aromatic N) is 4. The molecule has 0 unspecified atom stereocenters. The predicted molar refractivity (Wildman–Crippen MR) is 109 cm³/mol. The molecule has 1 N–H and O–H groups in total. The number of anilines is 2. The van der Waals surface area contributed by atoms with Crippen molar-refractivity contribution in [1.29, 1.82) is 5.26 Å². The van der Waals surface area contributed by atoms with Crippen LogP contribution in [-0.4, -0.2) is 33.1 Å². The third-order valence-electron chi connectivity index (χ3n) is 5.13. The Balaban J connectivity index is 1.69. The van der Waals surface area contributed by atoms with Gasteiger partial charge in [0.1, 0.15) is 16.8 Å². The summed E-state index contributed by atoms with van der Waals surface area (Å²) in [5.74, 6) is -0.674. The second-order valence-corrected chi connectivity index (χ2v) is 7.40. The van der Waals surface area contributed by atoms with Gasteiger partial charge in [-0.15, -0.1) is 0 Å². The molecular weight excluding hydrogens is 394 g/mol. The Bertz CT molecular complexity index is 1170. The highest BCUT2D eigenvalue weighted by atomic mass is 35.5. The zero-order chi connectivity index (χ0) is 20.6. The largest absolute Gasteiger partial charge is 0.354 e. The second-order valence-electron chi connectivity index (χ2n) is 7.04. The summed E-state index contributed by atoms with van der Waals surface area (Å²) in [5, 5.41) is 12.7. The molecule has 3 heterocycles. The van der Waals surface area contributed by atoms with Crippen LogP contribution < -0.4 is 11.0 Å². The Morgan fingerprint density at radius 1 is 1.31 bits per heavy atom. The van der Waals surface area contributed by atoms with Crippen molar-refractivity contribution in [3.8, 4) is 6.07 Å². The number of benzene rings is 1. The maximum atomic E-state index is 12.8. The third kappa shape index (κ3) is 3.60. The van der Waals surface area contributed by atoms with E-state index < -0.39 is 5.79 Å². The molecule has 2 aromatic heterocycles. The van der Waals surface area contributed by atoms with Crippen molar-refractivity contribution >= 4 is 34.0 Å². The molecule has 0 aliphatic carbocycles. The number of fused-ring (bicyclic) bond motifs is 1. The topological polar surface area (TPSA) is 94.1 Å². The van der Waals surface area contributed by atoms with E-state index >= 15 is 0 Å². The molecule has 3 aromatic rings. The standard InChI is InChI=1S/C20H20ClN5O3/c1-20(28-9-10-29-20)6-8-26-17-11-13(3-4-16(17)25(2)19(26)27)24-15-5-7-23-18(21)14(15)12-22/h3-5,7,11H,6,8-10H2,1-2H3,(H,23,24). The fourth-order valence-corrected chi connectivity index (χ4v) is 3.72. The van der Waals surface area contributed by atoms with Gasteiger partial charge in [0.2, 0.25) is 0 Å². The Morgan fingerprint density at radius 3 is 2.79 bits per heavy atom. The van der Waals surface area contributed by atoms with Crippen molar-refractivity contribution in [2.75, 3.05) is 18.5 Å². The van der Waals surface area contributed by atoms with E-state index in [1.54, 1.807) is 22.2 Å². The average molecular weight is 414 g/mol. The molecule has 0 atom stereocenters. The lowest BCUT2D eigenvalue weighted by Gasteiger charge is -2.22. The molecule has 0 bridgehead atoms. The monoisotopic (exact) mass is 413 g/mol. The summed E-state index contributed by atoms with van der Waals surface area (Å²) in [5.41, 5.74) is 3.04. The Labute approximate surface area is 172 Å². The smallest absolute Gasteiger partial charge is 0.328 e. The molecule has 0 radical (unpaired) electrons. The number of aromatic nitrogens is 3.